The zero-order valence-corrected chi connectivity index (χ0v) is 13.0. The Balaban J connectivity index is 0.00000147. The van der Waals surface area contributed by atoms with Crippen LogP contribution in [-0.2, 0) is 23.0 Å². The van der Waals surface area contributed by atoms with Gasteiger partial charge in [-0.1, -0.05) is 0 Å². The van der Waals surface area contributed by atoms with E-state index in [1.54, 1.807) is 6.20 Å². The first-order chi connectivity index (χ1) is 9.15. The van der Waals surface area contributed by atoms with Gasteiger partial charge in [-0.05, 0) is 32.2 Å². The normalized spacial score (nSPS) is 22.9. The summed E-state index contributed by atoms with van der Waals surface area (Å²) in [5, 5.41) is 3.38. The maximum absolute atomic E-state index is 12.3. The van der Waals surface area contributed by atoms with Gasteiger partial charge in [0.15, 0.2) is 5.03 Å². The van der Waals surface area contributed by atoms with Crippen molar-refractivity contribution in [2.24, 2.45) is 0 Å². The van der Waals surface area contributed by atoms with Gasteiger partial charge >= 0.3 is 0 Å². The SMILES string of the molecule is Cl.O=S(=O)(NC1CCCNC1)c1cn2c(n1)CCCC2. The third kappa shape index (κ3) is 3.33. The summed E-state index contributed by atoms with van der Waals surface area (Å²) in [6.45, 7) is 2.55. The summed E-state index contributed by atoms with van der Waals surface area (Å²) in [5.74, 6) is 0.897. The first-order valence-corrected chi connectivity index (χ1v) is 8.42. The maximum atomic E-state index is 12.3. The zero-order chi connectivity index (χ0) is 13.3. The molecule has 6 nitrogen and oxygen atoms in total. The molecule has 1 aromatic heterocycles. The van der Waals surface area contributed by atoms with Crippen molar-refractivity contribution < 1.29 is 8.42 Å². The molecule has 1 saturated heterocycles. The van der Waals surface area contributed by atoms with E-state index < -0.39 is 10.0 Å². The minimum atomic E-state index is -3.48. The van der Waals surface area contributed by atoms with Crippen LogP contribution in [0.25, 0.3) is 0 Å². The Morgan fingerprint density at radius 1 is 1.35 bits per heavy atom. The molecule has 0 aliphatic carbocycles. The summed E-state index contributed by atoms with van der Waals surface area (Å²) >= 11 is 0. The molecule has 3 rings (SSSR count). The fraction of sp³-hybridized carbons (Fsp3) is 0.750. The standard InChI is InChI=1S/C12H20N4O2S.ClH/c17-19(18,15-10-4-3-6-13-8-10)12-9-16-7-2-1-5-11(16)14-12;/h9-10,13,15H,1-8H2;1H. The minimum Gasteiger partial charge on any atom is -0.333 e. The van der Waals surface area contributed by atoms with Crippen LogP contribution in [-0.4, -0.2) is 37.1 Å². The van der Waals surface area contributed by atoms with Crippen LogP contribution >= 0.6 is 12.4 Å². The molecule has 20 heavy (non-hydrogen) atoms. The number of imidazole rings is 1. The van der Waals surface area contributed by atoms with Gasteiger partial charge in [0, 0.05) is 31.7 Å². The highest BCUT2D eigenvalue weighted by Gasteiger charge is 2.25. The van der Waals surface area contributed by atoms with Crippen molar-refractivity contribution in [2.45, 2.75) is 49.7 Å². The summed E-state index contributed by atoms with van der Waals surface area (Å²) in [7, 11) is -3.48. The number of nitrogens with zero attached hydrogens (tertiary/aromatic N) is 2. The van der Waals surface area contributed by atoms with E-state index in [1.807, 2.05) is 4.57 Å². The summed E-state index contributed by atoms with van der Waals surface area (Å²) in [5.41, 5.74) is 0. The third-order valence-corrected chi connectivity index (χ3v) is 5.17. The molecule has 0 saturated carbocycles. The van der Waals surface area contributed by atoms with E-state index in [0.29, 0.717) is 6.54 Å². The van der Waals surface area contributed by atoms with Crippen LogP contribution in [0.2, 0.25) is 0 Å². The second-order valence-electron chi connectivity index (χ2n) is 5.31. The second kappa shape index (κ2) is 6.43. The number of aromatic nitrogens is 2. The molecule has 2 aliphatic rings. The molecule has 0 radical (unpaired) electrons. The van der Waals surface area contributed by atoms with Crippen LogP contribution < -0.4 is 10.0 Å². The number of fused-ring (bicyclic) bond motifs is 1. The van der Waals surface area contributed by atoms with Gasteiger partial charge < -0.3 is 9.88 Å². The van der Waals surface area contributed by atoms with Gasteiger partial charge in [0.2, 0.25) is 0 Å². The van der Waals surface area contributed by atoms with Crippen LogP contribution in [0.3, 0.4) is 0 Å². The highest BCUT2D eigenvalue weighted by atomic mass is 35.5. The first-order valence-electron chi connectivity index (χ1n) is 6.94. The van der Waals surface area contributed by atoms with E-state index in [9.17, 15) is 8.42 Å². The van der Waals surface area contributed by atoms with E-state index in [2.05, 4.69) is 15.0 Å². The molecule has 3 heterocycles. The molecular weight excluding hydrogens is 300 g/mol. The van der Waals surface area contributed by atoms with Gasteiger partial charge in [-0.3, -0.25) is 0 Å². The molecule has 114 valence electrons. The van der Waals surface area contributed by atoms with Crippen LogP contribution in [0.5, 0.6) is 0 Å². The summed E-state index contributed by atoms with van der Waals surface area (Å²) in [6.07, 6.45) is 6.64. The Morgan fingerprint density at radius 3 is 2.90 bits per heavy atom. The number of rotatable bonds is 3. The smallest absolute Gasteiger partial charge is 0.259 e. The number of piperidine rings is 1. The van der Waals surface area contributed by atoms with E-state index in [1.165, 1.54) is 0 Å². The van der Waals surface area contributed by atoms with Crippen LogP contribution in [0, 0.1) is 0 Å². The van der Waals surface area contributed by atoms with Gasteiger partial charge in [0.1, 0.15) is 5.82 Å². The number of halogens is 1. The molecule has 0 bridgehead atoms. The largest absolute Gasteiger partial charge is 0.333 e. The lowest BCUT2D eigenvalue weighted by atomic mass is 10.1. The Kier molecular flexibility index (Phi) is 5.06. The predicted octanol–water partition coefficient (Wildman–Crippen LogP) is 0.671. The number of hydrogen-bond donors (Lipinski definition) is 2. The van der Waals surface area contributed by atoms with Crippen molar-refractivity contribution in [1.29, 1.82) is 0 Å². The molecule has 0 aromatic carbocycles. The highest BCUT2D eigenvalue weighted by molar-refractivity contribution is 7.89. The quantitative estimate of drug-likeness (QED) is 0.858. The Labute approximate surface area is 125 Å². The Hall–Kier alpha value is -0.630. The van der Waals surface area contributed by atoms with Crippen molar-refractivity contribution in [3.05, 3.63) is 12.0 Å². The maximum Gasteiger partial charge on any atom is 0.259 e. The Morgan fingerprint density at radius 2 is 2.20 bits per heavy atom. The average Bonchev–Trinajstić information content (AvgIpc) is 2.84. The monoisotopic (exact) mass is 320 g/mol. The van der Waals surface area contributed by atoms with Gasteiger partial charge in [-0.15, -0.1) is 12.4 Å². The zero-order valence-electron chi connectivity index (χ0n) is 11.3. The molecule has 1 fully saturated rings. The van der Waals surface area contributed by atoms with Crippen molar-refractivity contribution in [3.8, 4) is 0 Å². The molecule has 2 N–H and O–H groups in total. The fourth-order valence-corrected chi connectivity index (χ4v) is 4.00. The van der Waals surface area contributed by atoms with Crippen molar-refractivity contribution in [2.75, 3.05) is 13.1 Å². The molecule has 1 aromatic rings. The molecule has 1 atom stereocenters. The summed E-state index contributed by atoms with van der Waals surface area (Å²) in [6, 6.07) is -0.0162. The second-order valence-corrected chi connectivity index (χ2v) is 6.97. The molecule has 1 unspecified atom stereocenters. The predicted molar refractivity (Wildman–Crippen MR) is 78.6 cm³/mol. The van der Waals surface area contributed by atoms with Gasteiger partial charge in [-0.2, -0.15) is 0 Å². The molecule has 2 aliphatic heterocycles. The average molecular weight is 321 g/mol. The van der Waals surface area contributed by atoms with E-state index in [4.69, 9.17) is 0 Å². The van der Waals surface area contributed by atoms with Crippen LogP contribution in [0.1, 0.15) is 31.5 Å². The van der Waals surface area contributed by atoms with Gasteiger partial charge in [0.25, 0.3) is 10.0 Å². The van der Waals surface area contributed by atoms with Crippen molar-refractivity contribution >= 4 is 22.4 Å². The van der Waals surface area contributed by atoms with E-state index in [0.717, 1.165) is 51.0 Å². The first kappa shape index (κ1) is 15.8. The number of hydrogen-bond acceptors (Lipinski definition) is 4. The van der Waals surface area contributed by atoms with Crippen LogP contribution in [0.15, 0.2) is 11.2 Å². The number of sulfonamides is 1. The molecule has 8 heteroatoms. The van der Waals surface area contributed by atoms with Gasteiger partial charge in [0.05, 0.1) is 0 Å². The summed E-state index contributed by atoms with van der Waals surface area (Å²) < 4.78 is 29.3. The van der Waals surface area contributed by atoms with Crippen molar-refractivity contribution in [3.63, 3.8) is 0 Å². The van der Waals surface area contributed by atoms with Gasteiger partial charge in [-0.25, -0.2) is 18.1 Å². The lowest BCUT2D eigenvalue weighted by Gasteiger charge is -2.23. The van der Waals surface area contributed by atoms with Crippen molar-refractivity contribution in [1.82, 2.24) is 19.6 Å². The minimum absolute atomic E-state index is 0. The number of nitrogens with one attached hydrogen (secondary N) is 2. The van der Waals surface area contributed by atoms with E-state index in [-0.39, 0.29) is 23.5 Å². The highest BCUT2D eigenvalue weighted by Crippen LogP contribution is 2.18. The lowest BCUT2D eigenvalue weighted by molar-refractivity contribution is 0.428. The topological polar surface area (TPSA) is 76.0 Å². The Bertz CT molecular complexity index is 528. The molecular formula is C12H21ClN4O2S. The third-order valence-electron chi connectivity index (χ3n) is 3.78. The number of aryl methyl sites for hydroxylation is 2. The summed E-state index contributed by atoms with van der Waals surface area (Å²) in [4.78, 5) is 4.28. The fourth-order valence-electron chi connectivity index (χ4n) is 2.75. The molecule has 0 amide bonds. The van der Waals surface area contributed by atoms with E-state index >= 15 is 0 Å². The molecule has 0 spiro atoms. The van der Waals surface area contributed by atoms with Crippen LogP contribution in [0.4, 0.5) is 0 Å². The lowest BCUT2D eigenvalue weighted by Crippen LogP contribution is -2.45.